The number of aryl methyl sites for hydroxylation is 1. The van der Waals surface area contributed by atoms with E-state index in [0.29, 0.717) is 28.4 Å². The van der Waals surface area contributed by atoms with Crippen LogP contribution in [0.4, 0.5) is 5.69 Å². The lowest BCUT2D eigenvalue weighted by Crippen LogP contribution is -2.27. The molecule has 0 bridgehead atoms. The number of H-pyrrole nitrogens is 2. The molecule has 158 valence electrons. The molecular weight excluding hydrogens is 414 g/mol. The molecule has 3 N–H and O–H groups in total. The molecule has 1 amide bonds. The summed E-state index contributed by atoms with van der Waals surface area (Å²) in [7, 11) is 3.03. The number of methoxy groups -OCH3 is 2. The lowest BCUT2D eigenvalue weighted by Gasteiger charge is -2.11. The summed E-state index contributed by atoms with van der Waals surface area (Å²) in [4.78, 5) is 40.1. The second kappa shape index (κ2) is 9.31. The molecule has 0 radical (unpaired) electrons. The minimum atomic E-state index is -0.581. The Morgan fingerprint density at radius 2 is 2.00 bits per heavy atom. The van der Waals surface area contributed by atoms with E-state index < -0.39 is 11.2 Å². The third-order valence-electron chi connectivity index (χ3n) is 4.04. The Hall–Kier alpha value is -3.54. The Labute approximate surface area is 174 Å². The van der Waals surface area contributed by atoms with Gasteiger partial charge in [0.2, 0.25) is 11.8 Å². The number of ether oxygens (including phenoxy) is 2. The van der Waals surface area contributed by atoms with Crippen LogP contribution in [0.15, 0.2) is 37.4 Å². The Kier molecular flexibility index (Phi) is 6.57. The van der Waals surface area contributed by atoms with E-state index in [0.717, 1.165) is 11.8 Å². The summed E-state index contributed by atoms with van der Waals surface area (Å²) in [5.74, 6) is 0.990. The molecule has 0 unspecified atom stereocenters. The number of amides is 1. The topological polar surface area (TPSA) is 152 Å². The Morgan fingerprint density at radius 3 is 2.70 bits per heavy atom. The third-order valence-corrected chi connectivity index (χ3v) is 4.86. The van der Waals surface area contributed by atoms with Crippen LogP contribution in [0.1, 0.15) is 17.1 Å². The van der Waals surface area contributed by atoms with Crippen molar-refractivity contribution in [2.75, 3.05) is 25.3 Å². The van der Waals surface area contributed by atoms with E-state index in [1.807, 2.05) is 0 Å². The molecule has 30 heavy (non-hydrogen) atoms. The van der Waals surface area contributed by atoms with E-state index in [4.69, 9.17) is 13.9 Å². The lowest BCUT2D eigenvalue weighted by molar-refractivity contribution is -0.113. The van der Waals surface area contributed by atoms with Crippen LogP contribution in [0.5, 0.6) is 11.5 Å². The van der Waals surface area contributed by atoms with Crippen LogP contribution in [0.25, 0.3) is 0 Å². The van der Waals surface area contributed by atoms with E-state index in [-0.39, 0.29) is 29.2 Å². The van der Waals surface area contributed by atoms with Crippen LogP contribution in [-0.4, -0.2) is 46.0 Å². The molecule has 0 aliphatic rings. The molecule has 2 heterocycles. The second-order valence-corrected chi connectivity index (χ2v) is 6.98. The Morgan fingerprint density at radius 1 is 1.20 bits per heavy atom. The van der Waals surface area contributed by atoms with E-state index in [2.05, 4.69) is 25.5 Å². The summed E-state index contributed by atoms with van der Waals surface area (Å²) >= 11 is 1.05. The number of aromatic amines is 2. The van der Waals surface area contributed by atoms with Crippen molar-refractivity contribution < 1.29 is 18.7 Å². The predicted octanol–water partition coefficient (Wildman–Crippen LogP) is 1.09. The SMILES string of the molecule is COc1ccc(NC(=O)CSc2nnc(Cc3c(C)[nH]c(=O)[nH]c3=O)o2)c(OC)c1. The van der Waals surface area contributed by atoms with Crippen molar-refractivity contribution in [1.82, 2.24) is 20.2 Å². The standard InChI is InChI=1S/C18H19N5O6S/c1-9-11(16(25)21-17(26)19-9)7-15-22-23-18(29-15)30-8-14(24)20-12-5-4-10(27-2)6-13(12)28-3/h4-6H,7-8H2,1-3H3,(H,20,24)(H2,19,21,25,26). The van der Waals surface area contributed by atoms with Gasteiger partial charge in [0.1, 0.15) is 11.5 Å². The highest BCUT2D eigenvalue weighted by Gasteiger charge is 2.15. The highest BCUT2D eigenvalue weighted by atomic mass is 32.2. The minimum absolute atomic E-state index is 0.0229. The number of hydrogen-bond acceptors (Lipinski definition) is 9. The molecule has 0 aliphatic heterocycles. The van der Waals surface area contributed by atoms with Crippen molar-refractivity contribution in [2.24, 2.45) is 0 Å². The van der Waals surface area contributed by atoms with Crippen LogP contribution < -0.4 is 26.0 Å². The van der Waals surface area contributed by atoms with Crippen molar-refractivity contribution >= 4 is 23.4 Å². The number of rotatable bonds is 8. The van der Waals surface area contributed by atoms with Crippen molar-refractivity contribution in [3.63, 3.8) is 0 Å². The fourth-order valence-electron chi connectivity index (χ4n) is 2.57. The first-order valence-corrected chi connectivity index (χ1v) is 9.67. The molecule has 0 aliphatic carbocycles. The fraction of sp³-hybridized carbons (Fsp3) is 0.278. The average molecular weight is 433 g/mol. The van der Waals surface area contributed by atoms with E-state index in [1.54, 1.807) is 25.1 Å². The predicted molar refractivity (Wildman–Crippen MR) is 108 cm³/mol. The molecule has 0 fully saturated rings. The van der Waals surface area contributed by atoms with Crippen LogP contribution in [0, 0.1) is 6.92 Å². The van der Waals surface area contributed by atoms with E-state index >= 15 is 0 Å². The maximum Gasteiger partial charge on any atom is 0.325 e. The molecule has 2 aromatic heterocycles. The number of carbonyl (C=O) groups is 1. The Balaban J connectivity index is 1.60. The molecule has 0 saturated carbocycles. The fourth-order valence-corrected chi connectivity index (χ4v) is 3.15. The second-order valence-electron chi connectivity index (χ2n) is 6.05. The zero-order valence-electron chi connectivity index (χ0n) is 16.4. The first kappa shape index (κ1) is 21.2. The van der Waals surface area contributed by atoms with E-state index in [1.165, 1.54) is 14.2 Å². The van der Waals surface area contributed by atoms with Gasteiger partial charge in [0, 0.05) is 17.3 Å². The van der Waals surface area contributed by atoms with E-state index in [9.17, 15) is 14.4 Å². The number of hydrogen-bond donors (Lipinski definition) is 3. The first-order valence-electron chi connectivity index (χ1n) is 8.68. The van der Waals surface area contributed by atoms with Gasteiger partial charge in [-0.25, -0.2) is 4.79 Å². The van der Waals surface area contributed by atoms with Crippen LogP contribution in [-0.2, 0) is 11.2 Å². The van der Waals surface area contributed by atoms with Gasteiger partial charge in [-0.1, -0.05) is 11.8 Å². The summed E-state index contributed by atoms with van der Waals surface area (Å²) in [5.41, 5.74) is 0.144. The van der Waals surface area contributed by atoms with Crippen LogP contribution in [0.3, 0.4) is 0 Å². The molecule has 0 saturated heterocycles. The van der Waals surface area contributed by atoms with Crippen molar-refractivity contribution in [3.05, 3.63) is 56.2 Å². The molecule has 0 spiro atoms. The Bertz CT molecular complexity index is 1170. The van der Waals surface area contributed by atoms with Gasteiger partial charge < -0.3 is 24.2 Å². The van der Waals surface area contributed by atoms with Gasteiger partial charge >= 0.3 is 5.69 Å². The molecule has 11 nitrogen and oxygen atoms in total. The molecular formula is C18H19N5O6S. The summed E-state index contributed by atoms with van der Waals surface area (Å²) < 4.78 is 15.8. The smallest absolute Gasteiger partial charge is 0.325 e. The number of nitrogens with zero attached hydrogens (tertiary/aromatic N) is 2. The quantitative estimate of drug-likeness (QED) is 0.443. The molecule has 0 atom stereocenters. The maximum atomic E-state index is 12.2. The van der Waals surface area contributed by atoms with Gasteiger partial charge in [0.25, 0.3) is 10.8 Å². The van der Waals surface area contributed by atoms with Gasteiger partial charge in [-0.3, -0.25) is 14.6 Å². The molecule has 3 rings (SSSR count). The van der Waals surface area contributed by atoms with Gasteiger partial charge in [-0.05, 0) is 19.1 Å². The highest BCUT2D eigenvalue weighted by Crippen LogP contribution is 2.29. The number of thioether (sulfide) groups is 1. The van der Waals surface area contributed by atoms with Crippen LogP contribution >= 0.6 is 11.8 Å². The summed E-state index contributed by atoms with van der Waals surface area (Å²) in [5, 5.41) is 10.7. The monoisotopic (exact) mass is 433 g/mol. The summed E-state index contributed by atoms with van der Waals surface area (Å²) in [6.07, 6.45) is 0.0563. The minimum Gasteiger partial charge on any atom is -0.497 e. The zero-order valence-corrected chi connectivity index (χ0v) is 17.2. The molecule has 1 aromatic carbocycles. The summed E-state index contributed by atoms with van der Waals surface area (Å²) in [6, 6.07) is 5.04. The van der Waals surface area contributed by atoms with Gasteiger partial charge in [0.15, 0.2) is 0 Å². The van der Waals surface area contributed by atoms with Crippen molar-refractivity contribution in [3.8, 4) is 11.5 Å². The van der Waals surface area contributed by atoms with Gasteiger partial charge in [0.05, 0.1) is 32.1 Å². The largest absolute Gasteiger partial charge is 0.497 e. The number of benzene rings is 1. The van der Waals surface area contributed by atoms with Crippen molar-refractivity contribution in [1.29, 1.82) is 0 Å². The van der Waals surface area contributed by atoms with Crippen LogP contribution in [0.2, 0.25) is 0 Å². The zero-order chi connectivity index (χ0) is 21.7. The van der Waals surface area contributed by atoms with Crippen molar-refractivity contribution in [2.45, 2.75) is 18.6 Å². The number of anilines is 1. The molecule has 12 heteroatoms. The molecule has 3 aromatic rings. The first-order chi connectivity index (χ1) is 14.4. The third kappa shape index (κ3) is 5.08. The number of aromatic nitrogens is 4. The highest BCUT2D eigenvalue weighted by molar-refractivity contribution is 7.99. The van der Waals surface area contributed by atoms with Gasteiger partial charge in [-0.15, -0.1) is 10.2 Å². The van der Waals surface area contributed by atoms with Gasteiger partial charge in [-0.2, -0.15) is 0 Å². The number of nitrogens with one attached hydrogen (secondary N) is 3. The average Bonchev–Trinajstić information content (AvgIpc) is 3.17. The lowest BCUT2D eigenvalue weighted by atomic mass is 10.2. The summed E-state index contributed by atoms with van der Waals surface area (Å²) in [6.45, 7) is 1.61. The maximum absolute atomic E-state index is 12.2. The number of carbonyl (C=O) groups excluding carboxylic acids is 1. The normalized spacial score (nSPS) is 10.6.